The molecule has 0 saturated carbocycles. The lowest BCUT2D eigenvalue weighted by molar-refractivity contribution is 0.246. The van der Waals surface area contributed by atoms with Gasteiger partial charge in [0.1, 0.15) is 0 Å². The summed E-state index contributed by atoms with van der Waals surface area (Å²) in [7, 11) is 2.13. The largest absolute Gasteiger partial charge is 0.372 e. The summed E-state index contributed by atoms with van der Waals surface area (Å²) in [6, 6.07) is 2.04. The predicted molar refractivity (Wildman–Crippen MR) is 74.5 cm³/mol. The van der Waals surface area contributed by atoms with Crippen molar-refractivity contribution in [3.63, 3.8) is 0 Å². The molecule has 0 aromatic carbocycles. The molecule has 1 N–H and O–H groups in total. The van der Waals surface area contributed by atoms with Gasteiger partial charge in [-0.1, -0.05) is 0 Å². The van der Waals surface area contributed by atoms with E-state index < -0.39 is 0 Å². The number of pyridine rings is 1. The van der Waals surface area contributed by atoms with Gasteiger partial charge in [0, 0.05) is 58.7 Å². The van der Waals surface area contributed by atoms with Crippen molar-refractivity contribution in [1.82, 2.24) is 15.2 Å². The zero-order valence-corrected chi connectivity index (χ0v) is 11.8. The average Bonchev–Trinajstić information content (AvgIpc) is 2.38. The van der Waals surface area contributed by atoms with Crippen LogP contribution in [0.25, 0.3) is 0 Å². The summed E-state index contributed by atoms with van der Waals surface area (Å²) in [5.41, 5.74) is 1.20. The standard InChI is InChI=1S/C12H19BrN4/c1-16(12-2-3-15-10-11(12)13)8-9-17-6-4-14-5-7-17/h2-3,10,14H,4-9H2,1H3. The van der Waals surface area contributed by atoms with Gasteiger partial charge >= 0.3 is 0 Å². The van der Waals surface area contributed by atoms with Crippen molar-refractivity contribution in [3.05, 3.63) is 22.9 Å². The van der Waals surface area contributed by atoms with E-state index in [0.717, 1.165) is 43.7 Å². The zero-order chi connectivity index (χ0) is 12.1. The summed E-state index contributed by atoms with van der Waals surface area (Å²) < 4.78 is 1.06. The van der Waals surface area contributed by atoms with Crippen LogP contribution in [0, 0.1) is 0 Å². The van der Waals surface area contributed by atoms with Crippen molar-refractivity contribution < 1.29 is 0 Å². The van der Waals surface area contributed by atoms with Crippen LogP contribution in [0.2, 0.25) is 0 Å². The van der Waals surface area contributed by atoms with Crippen LogP contribution >= 0.6 is 15.9 Å². The highest BCUT2D eigenvalue weighted by Gasteiger charge is 2.11. The summed E-state index contributed by atoms with van der Waals surface area (Å²) in [6.45, 7) is 6.71. The van der Waals surface area contributed by atoms with Gasteiger partial charge in [0.05, 0.1) is 10.2 Å². The molecule has 0 atom stereocenters. The Morgan fingerprint density at radius 1 is 1.47 bits per heavy atom. The maximum absolute atomic E-state index is 4.09. The highest BCUT2D eigenvalue weighted by atomic mass is 79.9. The maximum Gasteiger partial charge on any atom is 0.0592 e. The fourth-order valence-electron chi connectivity index (χ4n) is 2.02. The lowest BCUT2D eigenvalue weighted by Gasteiger charge is -2.30. The molecule has 1 aliphatic rings. The second-order valence-electron chi connectivity index (χ2n) is 4.34. The number of piperazine rings is 1. The second kappa shape index (κ2) is 6.33. The zero-order valence-electron chi connectivity index (χ0n) is 10.2. The highest BCUT2D eigenvalue weighted by molar-refractivity contribution is 9.10. The molecular weight excluding hydrogens is 280 g/mol. The normalized spacial score (nSPS) is 17.1. The Morgan fingerprint density at radius 3 is 2.94 bits per heavy atom. The van der Waals surface area contributed by atoms with Gasteiger partial charge in [0.2, 0.25) is 0 Å². The van der Waals surface area contributed by atoms with E-state index in [0.29, 0.717) is 0 Å². The molecule has 0 unspecified atom stereocenters. The summed E-state index contributed by atoms with van der Waals surface area (Å²) in [4.78, 5) is 8.86. The first-order chi connectivity index (χ1) is 8.27. The SMILES string of the molecule is CN(CCN1CCNCC1)c1ccncc1Br. The predicted octanol–water partition coefficient (Wildman–Crippen LogP) is 1.19. The van der Waals surface area contributed by atoms with Gasteiger partial charge in [-0.2, -0.15) is 0 Å². The summed E-state index contributed by atoms with van der Waals surface area (Å²) >= 11 is 3.54. The van der Waals surface area contributed by atoms with Crippen LogP contribution in [0.15, 0.2) is 22.9 Å². The Kier molecular flexibility index (Phi) is 4.76. The van der Waals surface area contributed by atoms with Crippen molar-refractivity contribution in [3.8, 4) is 0 Å². The Hall–Kier alpha value is -0.650. The second-order valence-corrected chi connectivity index (χ2v) is 5.19. The minimum absolute atomic E-state index is 1.04. The third-order valence-corrected chi connectivity index (χ3v) is 3.73. The van der Waals surface area contributed by atoms with Gasteiger partial charge in [0.15, 0.2) is 0 Å². The van der Waals surface area contributed by atoms with E-state index in [9.17, 15) is 0 Å². The Morgan fingerprint density at radius 2 is 2.24 bits per heavy atom. The number of halogens is 1. The number of hydrogen-bond donors (Lipinski definition) is 1. The van der Waals surface area contributed by atoms with Crippen molar-refractivity contribution in [2.45, 2.75) is 0 Å². The molecule has 1 fully saturated rings. The summed E-state index contributed by atoms with van der Waals surface area (Å²) in [6.07, 6.45) is 3.68. The molecule has 4 nitrogen and oxygen atoms in total. The number of rotatable bonds is 4. The van der Waals surface area contributed by atoms with Crippen molar-refractivity contribution in [1.29, 1.82) is 0 Å². The quantitative estimate of drug-likeness (QED) is 0.905. The third-order valence-electron chi connectivity index (χ3n) is 3.12. The molecule has 2 rings (SSSR count). The van der Waals surface area contributed by atoms with Crippen LogP contribution < -0.4 is 10.2 Å². The lowest BCUT2D eigenvalue weighted by atomic mass is 10.3. The van der Waals surface area contributed by atoms with E-state index in [1.54, 1.807) is 0 Å². The molecule has 5 heteroatoms. The average molecular weight is 299 g/mol. The molecule has 94 valence electrons. The molecule has 1 aliphatic heterocycles. The minimum Gasteiger partial charge on any atom is -0.372 e. The van der Waals surface area contributed by atoms with Crippen LogP contribution in [-0.2, 0) is 0 Å². The molecule has 1 aromatic heterocycles. The van der Waals surface area contributed by atoms with Crippen molar-refractivity contribution in [2.75, 3.05) is 51.2 Å². The van der Waals surface area contributed by atoms with Crippen LogP contribution in [0.4, 0.5) is 5.69 Å². The minimum atomic E-state index is 1.04. The van der Waals surface area contributed by atoms with Crippen LogP contribution in [0.1, 0.15) is 0 Å². The fourth-order valence-corrected chi connectivity index (χ4v) is 2.58. The van der Waals surface area contributed by atoms with Gasteiger partial charge in [-0.25, -0.2) is 0 Å². The van der Waals surface area contributed by atoms with E-state index in [1.165, 1.54) is 5.69 Å². The molecule has 0 radical (unpaired) electrons. The van der Waals surface area contributed by atoms with E-state index >= 15 is 0 Å². The monoisotopic (exact) mass is 298 g/mol. The topological polar surface area (TPSA) is 31.4 Å². The number of hydrogen-bond acceptors (Lipinski definition) is 4. The number of aromatic nitrogens is 1. The first-order valence-electron chi connectivity index (χ1n) is 6.01. The Balaban J connectivity index is 1.84. The van der Waals surface area contributed by atoms with Gasteiger partial charge < -0.3 is 10.2 Å². The van der Waals surface area contributed by atoms with E-state index in [1.807, 2.05) is 18.5 Å². The number of anilines is 1. The van der Waals surface area contributed by atoms with Gasteiger partial charge in [0.25, 0.3) is 0 Å². The Labute approximate surface area is 111 Å². The smallest absolute Gasteiger partial charge is 0.0592 e. The van der Waals surface area contributed by atoms with E-state index in [2.05, 4.69) is 43.1 Å². The fraction of sp³-hybridized carbons (Fsp3) is 0.583. The van der Waals surface area contributed by atoms with E-state index in [-0.39, 0.29) is 0 Å². The van der Waals surface area contributed by atoms with Gasteiger partial charge in [-0.3, -0.25) is 9.88 Å². The Bertz CT molecular complexity index is 352. The molecule has 2 heterocycles. The molecule has 17 heavy (non-hydrogen) atoms. The first kappa shape index (κ1) is 12.8. The molecule has 0 bridgehead atoms. The lowest BCUT2D eigenvalue weighted by Crippen LogP contribution is -2.46. The van der Waals surface area contributed by atoms with Crippen molar-refractivity contribution in [2.24, 2.45) is 0 Å². The molecular formula is C12H19BrN4. The van der Waals surface area contributed by atoms with Gasteiger partial charge in [-0.15, -0.1) is 0 Å². The number of nitrogens with one attached hydrogen (secondary N) is 1. The number of nitrogens with zero attached hydrogens (tertiary/aromatic N) is 3. The summed E-state index contributed by atoms with van der Waals surface area (Å²) in [5, 5.41) is 3.37. The molecule has 1 aromatic rings. The third kappa shape index (κ3) is 3.66. The van der Waals surface area contributed by atoms with E-state index in [4.69, 9.17) is 0 Å². The van der Waals surface area contributed by atoms with Crippen molar-refractivity contribution >= 4 is 21.6 Å². The maximum atomic E-state index is 4.09. The highest BCUT2D eigenvalue weighted by Crippen LogP contribution is 2.23. The number of likely N-dealkylation sites (N-methyl/N-ethyl adjacent to an activating group) is 1. The molecule has 0 spiro atoms. The first-order valence-corrected chi connectivity index (χ1v) is 6.80. The molecule has 0 aliphatic carbocycles. The molecule has 1 saturated heterocycles. The van der Waals surface area contributed by atoms with Crippen LogP contribution in [-0.4, -0.2) is 56.2 Å². The van der Waals surface area contributed by atoms with Crippen LogP contribution in [0.5, 0.6) is 0 Å². The molecule has 0 amide bonds. The summed E-state index contributed by atoms with van der Waals surface area (Å²) in [5.74, 6) is 0. The van der Waals surface area contributed by atoms with Crippen LogP contribution in [0.3, 0.4) is 0 Å². The van der Waals surface area contributed by atoms with Gasteiger partial charge in [-0.05, 0) is 22.0 Å².